The van der Waals surface area contributed by atoms with E-state index in [0.29, 0.717) is 12.6 Å². The fraction of sp³-hybridized carbons (Fsp3) is 0.625. The van der Waals surface area contributed by atoms with Crippen LogP contribution in [0.25, 0.3) is 0 Å². The van der Waals surface area contributed by atoms with E-state index in [0.717, 1.165) is 18.0 Å². The normalized spacial score (nSPS) is 21.5. The minimum atomic E-state index is 0.231. The Morgan fingerprint density at radius 3 is 2.35 bits per heavy atom. The molecule has 0 spiro atoms. The van der Waals surface area contributed by atoms with E-state index in [1.807, 2.05) is 6.07 Å². The van der Waals surface area contributed by atoms with Crippen molar-refractivity contribution in [1.82, 2.24) is 4.90 Å². The molecule has 4 nitrogen and oxygen atoms in total. The Bertz CT molecular complexity index is 414. The van der Waals surface area contributed by atoms with Gasteiger partial charge in [0.15, 0.2) is 0 Å². The van der Waals surface area contributed by atoms with E-state index in [-0.39, 0.29) is 6.04 Å². The third kappa shape index (κ3) is 3.25. The molecule has 2 unspecified atom stereocenters. The molecule has 0 amide bonds. The summed E-state index contributed by atoms with van der Waals surface area (Å²) in [6, 6.07) is 6.85. The molecule has 1 aliphatic heterocycles. The van der Waals surface area contributed by atoms with Gasteiger partial charge in [-0.3, -0.25) is 4.90 Å². The number of nitrogens with two attached hydrogens (primary N) is 1. The molecule has 0 aliphatic carbocycles. The van der Waals surface area contributed by atoms with Crippen LogP contribution in [0.5, 0.6) is 11.5 Å². The van der Waals surface area contributed by atoms with E-state index in [1.54, 1.807) is 14.2 Å². The maximum atomic E-state index is 6.06. The van der Waals surface area contributed by atoms with Crippen molar-refractivity contribution in [2.45, 2.75) is 38.3 Å². The largest absolute Gasteiger partial charge is 0.497 e. The van der Waals surface area contributed by atoms with Crippen LogP contribution in [0.1, 0.15) is 37.8 Å². The second-order valence-corrected chi connectivity index (χ2v) is 5.48. The fourth-order valence-electron chi connectivity index (χ4n) is 3.07. The Labute approximate surface area is 121 Å². The molecule has 2 atom stereocenters. The average molecular weight is 278 g/mol. The van der Waals surface area contributed by atoms with E-state index in [9.17, 15) is 0 Å². The summed E-state index contributed by atoms with van der Waals surface area (Å²) in [5.74, 6) is 1.64. The van der Waals surface area contributed by atoms with Gasteiger partial charge in [-0.15, -0.1) is 0 Å². The van der Waals surface area contributed by atoms with Crippen LogP contribution in [0.2, 0.25) is 0 Å². The summed E-state index contributed by atoms with van der Waals surface area (Å²) in [5.41, 5.74) is 7.24. The quantitative estimate of drug-likeness (QED) is 0.899. The van der Waals surface area contributed by atoms with Gasteiger partial charge in [-0.25, -0.2) is 0 Å². The van der Waals surface area contributed by atoms with Gasteiger partial charge in [0.2, 0.25) is 0 Å². The number of hydrogen-bond acceptors (Lipinski definition) is 4. The Hall–Kier alpha value is -1.26. The van der Waals surface area contributed by atoms with E-state index < -0.39 is 0 Å². The van der Waals surface area contributed by atoms with Crippen molar-refractivity contribution in [2.24, 2.45) is 5.73 Å². The van der Waals surface area contributed by atoms with Gasteiger partial charge in [0.25, 0.3) is 0 Å². The predicted molar refractivity (Wildman–Crippen MR) is 81.4 cm³/mol. The van der Waals surface area contributed by atoms with Crippen molar-refractivity contribution in [3.63, 3.8) is 0 Å². The lowest BCUT2D eigenvalue weighted by molar-refractivity contribution is 0.108. The molecule has 1 aliphatic rings. The number of nitrogens with zero attached hydrogens (tertiary/aromatic N) is 1. The predicted octanol–water partition coefficient (Wildman–Crippen LogP) is 2.58. The number of rotatable bonds is 5. The molecule has 0 radical (unpaired) electrons. The van der Waals surface area contributed by atoms with Crippen molar-refractivity contribution in [3.8, 4) is 11.5 Å². The molecule has 112 valence electrons. The highest BCUT2D eigenvalue weighted by molar-refractivity contribution is 5.40. The Morgan fingerprint density at radius 2 is 1.85 bits per heavy atom. The molecule has 4 heteroatoms. The van der Waals surface area contributed by atoms with Crippen LogP contribution in [0, 0.1) is 0 Å². The number of ether oxygens (including phenoxy) is 2. The van der Waals surface area contributed by atoms with Crippen LogP contribution in [-0.2, 0) is 0 Å². The summed E-state index contributed by atoms with van der Waals surface area (Å²) in [6.07, 6.45) is 3.82. The summed E-state index contributed by atoms with van der Waals surface area (Å²) in [4.78, 5) is 2.51. The van der Waals surface area contributed by atoms with Crippen LogP contribution in [0.4, 0.5) is 0 Å². The SMILES string of the molecule is COc1cc(OC)cc(C(CN)N2CCCCC2C)c1. The van der Waals surface area contributed by atoms with Gasteiger partial charge in [-0.2, -0.15) is 0 Å². The molecule has 2 N–H and O–H groups in total. The average Bonchev–Trinajstić information content (AvgIpc) is 2.49. The van der Waals surface area contributed by atoms with Crippen molar-refractivity contribution in [1.29, 1.82) is 0 Å². The third-order valence-corrected chi connectivity index (χ3v) is 4.24. The van der Waals surface area contributed by atoms with Gasteiger partial charge in [-0.05, 0) is 44.0 Å². The van der Waals surface area contributed by atoms with Crippen molar-refractivity contribution >= 4 is 0 Å². The number of methoxy groups -OCH3 is 2. The monoisotopic (exact) mass is 278 g/mol. The molecule has 1 heterocycles. The second kappa shape index (κ2) is 6.95. The van der Waals surface area contributed by atoms with Gasteiger partial charge in [-0.1, -0.05) is 6.42 Å². The zero-order valence-electron chi connectivity index (χ0n) is 12.8. The Balaban J connectivity index is 2.30. The van der Waals surface area contributed by atoms with Gasteiger partial charge in [0, 0.05) is 24.7 Å². The van der Waals surface area contributed by atoms with Crippen LogP contribution < -0.4 is 15.2 Å². The first-order valence-electron chi connectivity index (χ1n) is 7.38. The first-order valence-corrected chi connectivity index (χ1v) is 7.38. The molecule has 0 aromatic heterocycles. The standard InChI is InChI=1S/C16H26N2O2/c1-12-6-4-5-7-18(12)16(11-17)13-8-14(19-2)10-15(9-13)20-3/h8-10,12,16H,4-7,11,17H2,1-3H3. The third-order valence-electron chi connectivity index (χ3n) is 4.24. The zero-order valence-corrected chi connectivity index (χ0v) is 12.8. The van der Waals surface area contributed by atoms with Crippen molar-refractivity contribution in [2.75, 3.05) is 27.3 Å². The van der Waals surface area contributed by atoms with Gasteiger partial charge >= 0.3 is 0 Å². The van der Waals surface area contributed by atoms with Crippen LogP contribution in [0.15, 0.2) is 18.2 Å². The highest BCUT2D eigenvalue weighted by Crippen LogP contribution is 2.32. The lowest BCUT2D eigenvalue weighted by atomic mass is 9.97. The molecule has 0 bridgehead atoms. The number of likely N-dealkylation sites (tertiary alicyclic amines) is 1. The lowest BCUT2D eigenvalue weighted by Gasteiger charge is -2.39. The molecule has 0 saturated carbocycles. The molecule has 1 fully saturated rings. The summed E-state index contributed by atoms with van der Waals surface area (Å²) < 4.78 is 10.7. The highest BCUT2D eigenvalue weighted by atomic mass is 16.5. The molecule has 1 saturated heterocycles. The highest BCUT2D eigenvalue weighted by Gasteiger charge is 2.26. The van der Waals surface area contributed by atoms with E-state index in [2.05, 4.69) is 24.0 Å². The second-order valence-electron chi connectivity index (χ2n) is 5.48. The van der Waals surface area contributed by atoms with E-state index in [1.165, 1.54) is 24.8 Å². The van der Waals surface area contributed by atoms with Gasteiger partial charge < -0.3 is 15.2 Å². The topological polar surface area (TPSA) is 47.7 Å². The number of piperidine rings is 1. The maximum Gasteiger partial charge on any atom is 0.122 e. The van der Waals surface area contributed by atoms with E-state index >= 15 is 0 Å². The van der Waals surface area contributed by atoms with Crippen molar-refractivity contribution < 1.29 is 9.47 Å². The minimum Gasteiger partial charge on any atom is -0.497 e. The van der Waals surface area contributed by atoms with Crippen LogP contribution in [0.3, 0.4) is 0 Å². The summed E-state index contributed by atoms with van der Waals surface area (Å²) >= 11 is 0. The lowest BCUT2D eigenvalue weighted by Crippen LogP contribution is -2.43. The number of benzene rings is 1. The zero-order chi connectivity index (χ0) is 14.5. The van der Waals surface area contributed by atoms with Crippen LogP contribution in [-0.4, -0.2) is 38.3 Å². The molecule has 2 rings (SSSR count). The van der Waals surface area contributed by atoms with Crippen LogP contribution >= 0.6 is 0 Å². The minimum absolute atomic E-state index is 0.231. The molecule has 20 heavy (non-hydrogen) atoms. The summed E-state index contributed by atoms with van der Waals surface area (Å²) in [7, 11) is 3.36. The summed E-state index contributed by atoms with van der Waals surface area (Å²) in [5, 5.41) is 0. The van der Waals surface area contributed by atoms with Crippen molar-refractivity contribution in [3.05, 3.63) is 23.8 Å². The number of hydrogen-bond donors (Lipinski definition) is 1. The van der Waals surface area contributed by atoms with Gasteiger partial charge in [0.05, 0.1) is 14.2 Å². The first kappa shape index (κ1) is 15.1. The maximum absolute atomic E-state index is 6.06. The molecular formula is C16H26N2O2. The summed E-state index contributed by atoms with van der Waals surface area (Å²) in [6.45, 7) is 4.02. The first-order chi connectivity index (χ1) is 9.69. The molecular weight excluding hydrogens is 252 g/mol. The fourth-order valence-corrected chi connectivity index (χ4v) is 3.07. The van der Waals surface area contributed by atoms with Gasteiger partial charge in [0.1, 0.15) is 11.5 Å². The molecule has 1 aromatic rings. The Kier molecular flexibility index (Phi) is 5.26. The van der Waals surface area contributed by atoms with E-state index in [4.69, 9.17) is 15.2 Å². The Morgan fingerprint density at radius 1 is 1.20 bits per heavy atom. The smallest absolute Gasteiger partial charge is 0.122 e. The molecule has 1 aromatic carbocycles.